The number of rotatable bonds is 7. The van der Waals surface area contributed by atoms with E-state index in [1.807, 2.05) is 13.8 Å². The van der Waals surface area contributed by atoms with E-state index in [1.54, 1.807) is 13.8 Å². The second-order valence-corrected chi connectivity index (χ2v) is 5.57. The van der Waals surface area contributed by atoms with Crippen LogP contribution in [0.25, 0.3) is 0 Å². The Bertz CT molecular complexity index is 376. The predicted molar refractivity (Wildman–Crippen MR) is 76.3 cm³/mol. The zero-order valence-corrected chi connectivity index (χ0v) is 13.8. The fraction of sp³-hybridized carbons (Fsp3) is 0.800. The zero-order valence-electron chi connectivity index (χ0n) is 13.8. The summed E-state index contributed by atoms with van der Waals surface area (Å²) in [5.74, 6) is -1.70. The lowest BCUT2D eigenvalue weighted by molar-refractivity contribution is -0.180. The van der Waals surface area contributed by atoms with Gasteiger partial charge in [0.25, 0.3) is 0 Å². The second kappa shape index (κ2) is 8.64. The molecule has 4 atom stereocenters. The third kappa shape index (κ3) is 7.11. The number of esters is 3. The van der Waals surface area contributed by atoms with Crippen LogP contribution in [-0.2, 0) is 28.6 Å². The molecular weight excluding hydrogens is 276 g/mol. The second-order valence-electron chi connectivity index (χ2n) is 5.57. The largest absolute Gasteiger partial charge is 0.462 e. The van der Waals surface area contributed by atoms with Gasteiger partial charge in [-0.1, -0.05) is 20.8 Å². The van der Waals surface area contributed by atoms with Crippen LogP contribution in [0.5, 0.6) is 0 Å². The third-order valence-corrected chi connectivity index (χ3v) is 3.20. The first-order valence-corrected chi connectivity index (χ1v) is 7.07. The molecule has 0 aromatic rings. The molecule has 0 N–H and O–H groups in total. The van der Waals surface area contributed by atoms with Gasteiger partial charge in [-0.2, -0.15) is 0 Å². The van der Waals surface area contributed by atoms with Gasteiger partial charge in [0, 0.05) is 26.7 Å². The van der Waals surface area contributed by atoms with Gasteiger partial charge >= 0.3 is 17.9 Å². The quantitative estimate of drug-likeness (QED) is 0.529. The van der Waals surface area contributed by atoms with Gasteiger partial charge in [-0.15, -0.1) is 0 Å². The molecule has 6 heteroatoms. The molecule has 122 valence electrons. The first kappa shape index (κ1) is 19.4. The van der Waals surface area contributed by atoms with E-state index >= 15 is 0 Å². The highest BCUT2D eigenvalue weighted by Gasteiger charge is 2.37. The molecular formula is C15H26O6. The van der Waals surface area contributed by atoms with Crippen LogP contribution in [0, 0.1) is 11.8 Å². The average Bonchev–Trinajstić information content (AvgIpc) is 2.30. The summed E-state index contributed by atoms with van der Waals surface area (Å²) in [6, 6.07) is 0. The molecule has 0 amide bonds. The van der Waals surface area contributed by atoms with Crippen LogP contribution in [0.4, 0.5) is 0 Å². The fourth-order valence-electron chi connectivity index (χ4n) is 2.08. The molecule has 0 bridgehead atoms. The maximum absolute atomic E-state index is 11.3. The number of carbonyl (C=O) groups excluding carboxylic acids is 3. The van der Waals surface area contributed by atoms with Gasteiger partial charge in [0.15, 0.2) is 0 Å². The van der Waals surface area contributed by atoms with Crippen molar-refractivity contribution in [2.45, 2.75) is 66.8 Å². The number of hydrogen-bond donors (Lipinski definition) is 0. The molecule has 0 saturated heterocycles. The summed E-state index contributed by atoms with van der Waals surface area (Å²) >= 11 is 0. The molecule has 0 aromatic heterocycles. The summed E-state index contributed by atoms with van der Waals surface area (Å²) in [7, 11) is 0. The Hall–Kier alpha value is -1.59. The number of carbonyl (C=O) groups is 3. The van der Waals surface area contributed by atoms with Gasteiger partial charge in [-0.25, -0.2) is 0 Å². The van der Waals surface area contributed by atoms with Gasteiger partial charge < -0.3 is 14.2 Å². The monoisotopic (exact) mass is 302 g/mol. The Kier molecular flexibility index (Phi) is 7.99. The Labute approximate surface area is 126 Å². The van der Waals surface area contributed by atoms with Crippen LogP contribution < -0.4 is 0 Å². The van der Waals surface area contributed by atoms with Gasteiger partial charge in [0.1, 0.15) is 18.3 Å². The van der Waals surface area contributed by atoms with E-state index in [1.165, 1.54) is 20.8 Å². The highest BCUT2D eigenvalue weighted by atomic mass is 16.6. The normalized spacial score (nSPS) is 16.6. The lowest BCUT2D eigenvalue weighted by Crippen LogP contribution is -2.46. The molecule has 0 radical (unpaired) electrons. The highest BCUT2D eigenvalue weighted by Crippen LogP contribution is 2.25. The van der Waals surface area contributed by atoms with Crippen LogP contribution in [0.3, 0.4) is 0 Å². The van der Waals surface area contributed by atoms with Crippen molar-refractivity contribution in [3.63, 3.8) is 0 Å². The fourth-order valence-corrected chi connectivity index (χ4v) is 2.08. The van der Waals surface area contributed by atoms with Crippen molar-refractivity contribution < 1.29 is 28.6 Å². The van der Waals surface area contributed by atoms with Crippen LogP contribution in [0.2, 0.25) is 0 Å². The summed E-state index contributed by atoms with van der Waals surface area (Å²) in [4.78, 5) is 33.7. The number of ether oxygens (including phenoxy) is 3. The molecule has 0 aliphatic rings. The maximum atomic E-state index is 11.3. The molecule has 21 heavy (non-hydrogen) atoms. The van der Waals surface area contributed by atoms with Crippen LogP contribution in [0.15, 0.2) is 0 Å². The smallest absolute Gasteiger partial charge is 0.303 e. The number of hydrogen-bond acceptors (Lipinski definition) is 6. The van der Waals surface area contributed by atoms with Crippen LogP contribution in [0.1, 0.15) is 48.5 Å². The van der Waals surface area contributed by atoms with Crippen molar-refractivity contribution >= 4 is 17.9 Å². The molecule has 0 spiro atoms. The van der Waals surface area contributed by atoms with E-state index in [0.29, 0.717) is 0 Å². The van der Waals surface area contributed by atoms with Gasteiger partial charge in [0.05, 0.1) is 0 Å². The minimum absolute atomic E-state index is 0.0507. The molecule has 0 aromatic carbocycles. The van der Waals surface area contributed by atoms with Gasteiger partial charge in [-0.05, 0) is 12.8 Å². The standard InChI is InChI=1S/C15H26O6/c1-8(2)14(20-12(6)17)15(21-13(7)18)9(3)10(4)19-11(5)16/h8-10,14-15H,1-7H3. The minimum Gasteiger partial charge on any atom is -0.462 e. The Morgan fingerprint density at radius 1 is 0.667 bits per heavy atom. The molecule has 6 nitrogen and oxygen atoms in total. The van der Waals surface area contributed by atoms with Gasteiger partial charge in [-0.3, -0.25) is 14.4 Å². The molecule has 4 unspecified atom stereocenters. The van der Waals surface area contributed by atoms with Crippen molar-refractivity contribution in [1.29, 1.82) is 0 Å². The molecule has 0 aliphatic carbocycles. The lowest BCUT2D eigenvalue weighted by Gasteiger charge is -2.35. The van der Waals surface area contributed by atoms with E-state index in [2.05, 4.69) is 0 Å². The Morgan fingerprint density at radius 3 is 1.38 bits per heavy atom. The van der Waals surface area contributed by atoms with E-state index in [4.69, 9.17) is 14.2 Å². The third-order valence-electron chi connectivity index (χ3n) is 3.20. The zero-order chi connectivity index (χ0) is 16.7. The topological polar surface area (TPSA) is 78.9 Å². The van der Waals surface area contributed by atoms with E-state index in [9.17, 15) is 14.4 Å². The van der Waals surface area contributed by atoms with Crippen molar-refractivity contribution in [3.05, 3.63) is 0 Å². The minimum atomic E-state index is -0.680. The predicted octanol–water partition coefficient (Wildman–Crippen LogP) is 2.09. The average molecular weight is 302 g/mol. The lowest BCUT2D eigenvalue weighted by atomic mass is 9.89. The first-order chi connectivity index (χ1) is 9.56. The molecule has 0 rings (SSSR count). The maximum Gasteiger partial charge on any atom is 0.303 e. The van der Waals surface area contributed by atoms with Crippen molar-refractivity contribution in [2.24, 2.45) is 11.8 Å². The Balaban J connectivity index is 5.25. The van der Waals surface area contributed by atoms with Crippen LogP contribution >= 0.6 is 0 Å². The summed E-state index contributed by atoms with van der Waals surface area (Å²) in [5, 5.41) is 0. The van der Waals surface area contributed by atoms with E-state index in [-0.39, 0.29) is 11.8 Å². The van der Waals surface area contributed by atoms with Crippen LogP contribution in [-0.4, -0.2) is 36.2 Å². The summed E-state index contributed by atoms with van der Waals surface area (Å²) < 4.78 is 15.8. The van der Waals surface area contributed by atoms with Crippen molar-refractivity contribution in [1.82, 2.24) is 0 Å². The van der Waals surface area contributed by atoms with Crippen molar-refractivity contribution in [2.75, 3.05) is 0 Å². The Morgan fingerprint density at radius 2 is 1.05 bits per heavy atom. The molecule has 0 heterocycles. The van der Waals surface area contributed by atoms with Crippen molar-refractivity contribution in [3.8, 4) is 0 Å². The molecule has 0 saturated carbocycles. The molecule has 0 fully saturated rings. The van der Waals surface area contributed by atoms with Gasteiger partial charge in [0.2, 0.25) is 0 Å². The highest BCUT2D eigenvalue weighted by molar-refractivity contribution is 5.67. The summed E-state index contributed by atoms with van der Waals surface area (Å²) in [6.07, 6.45) is -1.75. The molecule has 0 aliphatic heterocycles. The summed E-state index contributed by atoms with van der Waals surface area (Å²) in [6.45, 7) is 11.2. The summed E-state index contributed by atoms with van der Waals surface area (Å²) in [5.41, 5.74) is 0. The van der Waals surface area contributed by atoms with E-state index in [0.717, 1.165) is 0 Å². The van der Waals surface area contributed by atoms with E-state index < -0.39 is 36.2 Å². The first-order valence-electron chi connectivity index (χ1n) is 7.07. The SMILES string of the molecule is CC(=O)OC(C)C(C)C(OC(C)=O)C(OC(C)=O)C(C)C.